The Bertz CT molecular complexity index is 482. The first-order valence-corrected chi connectivity index (χ1v) is 7.20. The molecule has 0 saturated carbocycles. The van der Waals surface area contributed by atoms with Gasteiger partial charge in [-0.1, -0.05) is 6.07 Å². The molecule has 2 aromatic heterocycles. The fraction of sp³-hybridized carbons (Fsp3) is 0.308. The third-order valence-electron chi connectivity index (χ3n) is 2.59. The maximum atomic E-state index is 4.46. The molecule has 0 amide bonds. The van der Waals surface area contributed by atoms with E-state index in [1.165, 1.54) is 10.4 Å². The zero-order chi connectivity index (χ0) is 12.3. The van der Waals surface area contributed by atoms with Gasteiger partial charge in [0, 0.05) is 24.7 Å². The van der Waals surface area contributed by atoms with Gasteiger partial charge in [-0.25, -0.2) is 4.98 Å². The molecule has 0 aliphatic rings. The number of rotatable bonds is 4. The van der Waals surface area contributed by atoms with Crippen LogP contribution in [0.4, 0.5) is 5.82 Å². The van der Waals surface area contributed by atoms with Gasteiger partial charge in [-0.05, 0) is 52.4 Å². The van der Waals surface area contributed by atoms with Crippen molar-refractivity contribution in [3.05, 3.63) is 44.7 Å². The van der Waals surface area contributed by atoms with Crippen LogP contribution in [-0.2, 0) is 6.42 Å². The SMILES string of the molecule is Cc1cnc(N(C)CCc2cccs2)c(Br)c1. The number of aryl methyl sites for hydroxylation is 1. The second-order valence-corrected chi connectivity index (χ2v) is 5.96. The van der Waals surface area contributed by atoms with Gasteiger partial charge in [-0.15, -0.1) is 11.3 Å². The first-order valence-electron chi connectivity index (χ1n) is 5.52. The topological polar surface area (TPSA) is 16.1 Å². The van der Waals surface area contributed by atoms with E-state index in [0.717, 1.165) is 23.3 Å². The molecule has 0 fully saturated rings. The predicted molar refractivity (Wildman–Crippen MR) is 78.0 cm³/mol. The molecule has 2 nitrogen and oxygen atoms in total. The molecule has 2 heterocycles. The van der Waals surface area contributed by atoms with Crippen molar-refractivity contribution in [1.29, 1.82) is 0 Å². The summed E-state index contributed by atoms with van der Waals surface area (Å²) in [4.78, 5) is 8.06. The van der Waals surface area contributed by atoms with Crippen molar-refractivity contribution in [3.8, 4) is 0 Å². The van der Waals surface area contributed by atoms with Crippen LogP contribution in [0.25, 0.3) is 0 Å². The van der Waals surface area contributed by atoms with Gasteiger partial charge in [0.05, 0.1) is 4.47 Å². The molecule has 0 aromatic carbocycles. The summed E-state index contributed by atoms with van der Waals surface area (Å²) in [5.74, 6) is 1.01. The van der Waals surface area contributed by atoms with Crippen molar-refractivity contribution >= 4 is 33.1 Å². The lowest BCUT2D eigenvalue weighted by Crippen LogP contribution is -2.21. The highest BCUT2D eigenvalue weighted by molar-refractivity contribution is 9.10. The summed E-state index contributed by atoms with van der Waals surface area (Å²) in [6.45, 7) is 3.03. The smallest absolute Gasteiger partial charge is 0.142 e. The Kier molecular flexibility index (Phi) is 4.18. The lowest BCUT2D eigenvalue weighted by Gasteiger charge is -2.19. The van der Waals surface area contributed by atoms with Gasteiger partial charge < -0.3 is 4.90 Å². The average molecular weight is 311 g/mol. The summed E-state index contributed by atoms with van der Waals surface area (Å²) in [5, 5.41) is 2.12. The van der Waals surface area contributed by atoms with E-state index < -0.39 is 0 Å². The maximum Gasteiger partial charge on any atom is 0.142 e. The van der Waals surface area contributed by atoms with Crippen molar-refractivity contribution in [3.63, 3.8) is 0 Å². The Hall–Kier alpha value is -0.870. The number of pyridine rings is 1. The third kappa shape index (κ3) is 3.30. The average Bonchev–Trinajstić information content (AvgIpc) is 2.78. The largest absolute Gasteiger partial charge is 0.358 e. The molecule has 0 N–H and O–H groups in total. The summed E-state index contributed by atoms with van der Waals surface area (Å²) in [7, 11) is 2.08. The Balaban J connectivity index is 2.01. The zero-order valence-corrected chi connectivity index (χ0v) is 12.4. The minimum atomic E-state index is 0.981. The van der Waals surface area contributed by atoms with Crippen LogP contribution in [0.1, 0.15) is 10.4 Å². The number of hydrogen-bond acceptors (Lipinski definition) is 3. The zero-order valence-electron chi connectivity index (χ0n) is 9.98. The van der Waals surface area contributed by atoms with E-state index in [1.807, 2.05) is 24.5 Å². The van der Waals surface area contributed by atoms with Gasteiger partial charge in [0.15, 0.2) is 0 Å². The Morgan fingerprint density at radius 1 is 1.47 bits per heavy atom. The number of halogens is 1. The second kappa shape index (κ2) is 5.65. The van der Waals surface area contributed by atoms with Crippen molar-refractivity contribution in [2.45, 2.75) is 13.3 Å². The molecular formula is C13H15BrN2S. The van der Waals surface area contributed by atoms with Crippen molar-refractivity contribution in [2.75, 3.05) is 18.5 Å². The number of thiophene rings is 1. The molecule has 17 heavy (non-hydrogen) atoms. The van der Waals surface area contributed by atoms with Crippen molar-refractivity contribution in [1.82, 2.24) is 4.98 Å². The number of aromatic nitrogens is 1. The lowest BCUT2D eigenvalue weighted by atomic mass is 10.3. The highest BCUT2D eigenvalue weighted by Gasteiger charge is 2.07. The maximum absolute atomic E-state index is 4.46. The lowest BCUT2D eigenvalue weighted by molar-refractivity contribution is 0.865. The number of hydrogen-bond donors (Lipinski definition) is 0. The van der Waals surface area contributed by atoms with Crippen LogP contribution in [0.15, 0.2) is 34.2 Å². The number of nitrogens with zero attached hydrogens (tertiary/aromatic N) is 2. The Morgan fingerprint density at radius 3 is 2.94 bits per heavy atom. The van der Waals surface area contributed by atoms with E-state index >= 15 is 0 Å². The van der Waals surface area contributed by atoms with E-state index in [0.29, 0.717) is 0 Å². The monoisotopic (exact) mass is 310 g/mol. The van der Waals surface area contributed by atoms with Crippen LogP contribution in [-0.4, -0.2) is 18.6 Å². The second-order valence-electron chi connectivity index (χ2n) is 4.07. The van der Waals surface area contributed by atoms with Crippen molar-refractivity contribution < 1.29 is 0 Å². The molecule has 90 valence electrons. The molecule has 0 atom stereocenters. The van der Waals surface area contributed by atoms with Crippen LogP contribution in [0.3, 0.4) is 0 Å². The molecule has 2 aromatic rings. The predicted octanol–water partition coefficient (Wildman–Crippen LogP) is 3.89. The van der Waals surface area contributed by atoms with Gasteiger partial charge >= 0.3 is 0 Å². The molecule has 0 aliphatic heterocycles. The van der Waals surface area contributed by atoms with Gasteiger partial charge in [-0.3, -0.25) is 0 Å². The molecule has 0 saturated heterocycles. The van der Waals surface area contributed by atoms with E-state index in [2.05, 4.69) is 56.4 Å². The molecule has 4 heteroatoms. The van der Waals surface area contributed by atoms with Crippen LogP contribution in [0, 0.1) is 6.92 Å². The first-order chi connectivity index (χ1) is 8.16. The minimum absolute atomic E-state index is 0.981. The van der Waals surface area contributed by atoms with E-state index in [9.17, 15) is 0 Å². The van der Waals surface area contributed by atoms with Crippen LogP contribution in [0.2, 0.25) is 0 Å². The first kappa shape index (κ1) is 12.6. The van der Waals surface area contributed by atoms with E-state index in [4.69, 9.17) is 0 Å². The highest BCUT2D eigenvalue weighted by Crippen LogP contribution is 2.23. The Morgan fingerprint density at radius 2 is 2.29 bits per heavy atom. The fourth-order valence-electron chi connectivity index (χ4n) is 1.65. The molecule has 0 unspecified atom stereocenters. The van der Waals surface area contributed by atoms with E-state index in [-0.39, 0.29) is 0 Å². The van der Waals surface area contributed by atoms with Gasteiger partial charge in [-0.2, -0.15) is 0 Å². The molecule has 0 radical (unpaired) electrons. The van der Waals surface area contributed by atoms with Crippen LogP contribution < -0.4 is 4.90 Å². The van der Waals surface area contributed by atoms with Crippen LogP contribution >= 0.6 is 27.3 Å². The molecule has 0 aliphatic carbocycles. The van der Waals surface area contributed by atoms with Gasteiger partial charge in [0.2, 0.25) is 0 Å². The van der Waals surface area contributed by atoms with E-state index in [1.54, 1.807) is 0 Å². The summed E-state index contributed by atoms with van der Waals surface area (Å²) in [6, 6.07) is 6.38. The van der Waals surface area contributed by atoms with Gasteiger partial charge in [0.1, 0.15) is 5.82 Å². The molecule has 0 spiro atoms. The quantitative estimate of drug-likeness (QED) is 0.851. The summed E-state index contributed by atoms with van der Waals surface area (Å²) in [6.07, 6.45) is 2.97. The summed E-state index contributed by atoms with van der Waals surface area (Å²) in [5.41, 5.74) is 1.17. The van der Waals surface area contributed by atoms with Gasteiger partial charge in [0.25, 0.3) is 0 Å². The summed E-state index contributed by atoms with van der Waals surface area (Å²) >= 11 is 5.37. The Labute approximate surface area is 114 Å². The minimum Gasteiger partial charge on any atom is -0.358 e. The highest BCUT2D eigenvalue weighted by atomic mass is 79.9. The standard InChI is InChI=1S/C13H15BrN2S/c1-10-8-12(14)13(15-9-10)16(2)6-5-11-4-3-7-17-11/h3-4,7-9H,5-6H2,1-2H3. The van der Waals surface area contributed by atoms with Crippen molar-refractivity contribution in [2.24, 2.45) is 0 Å². The number of likely N-dealkylation sites (N-methyl/N-ethyl adjacent to an activating group) is 1. The molecule has 2 rings (SSSR count). The third-order valence-corrected chi connectivity index (χ3v) is 4.11. The van der Waals surface area contributed by atoms with Crippen LogP contribution in [0.5, 0.6) is 0 Å². The molecular weight excluding hydrogens is 296 g/mol. The fourth-order valence-corrected chi connectivity index (χ4v) is 3.11. The molecule has 0 bridgehead atoms. The number of anilines is 1. The summed E-state index contributed by atoms with van der Waals surface area (Å²) < 4.78 is 1.06. The normalized spacial score (nSPS) is 10.5.